The fourth-order valence-electron chi connectivity index (χ4n) is 2.87. The largest absolute Gasteiger partial charge is 0.299 e. The molecular formula is C20H26N2S. The summed E-state index contributed by atoms with van der Waals surface area (Å²) in [6, 6.07) is 6.57. The van der Waals surface area contributed by atoms with E-state index in [1.807, 2.05) is 0 Å². The lowest BCUT2D eigenvalue weighted by atomic mass is 9.78. The van der Waals surface area contributed by atoms with Gasteiger partial charge in [-0.3, -0.25) is 4.90 Å². The second-order valence-electron chi connectivity index (χ2n) is 6.85. The lowest BCUT2D eigenvalue weighted by molar-refractivity contribution is 0.130. The van der Waals surface area contributed by atoms with Gasteiger partial charge in [-0.15, -0.1) is 11.3 Å². The van der Waals surface area contributed by atoms with Crippen LogP contribution in [0.15, 0.2) is 43.0 Å². The molecule has 1 aliphatic rings. The van der Waals surface area contributed by atoms with Crippen LogP contribution in [0.4, 0.5) is 0 Å². The molecular weight excluding hydrogens is 300 g/mol. The Morgan fingerprint density at radius 2 is 2.04 bits per heavy atom. The molecule has 1 saturated heterocycles. The molecule has 0 aromatic carbocycles. The molecule has 0 saturated carbocycles. The van der Waals surface area contributed by atoms with Gasteiger partial charge in [-0.05, 0) is 61.5 Å². The molecule has 122 valence electrons. The molecule has 0 amide bonds. The maximum atomic E-state index is 8.92. The summed E-state index contributed by atoms with van der Waals surface area (Å²) >= 11 is 1.77. The first-order chi connectivity index (χ1) is 10.9. The first-order valence-electron chi connectivity index (χ1n) is 8.13. The predicted molar refractivity (Wildman–Crippen MR) is 100 cm³/mol. The fourth-order valence-corrected chi connectivity index (χ4v) is 3.68. The third-order valence-corrected chi connectivity index (χ3v) is 5.65. The number of thiophene rings is 1. The first kappa shape index (κ1) is 17.7. The lowest BCUT2D eigenvalue weighted by Crippen LogP contribution is -2.39. The smallest absolute Gasteiger partial charge is 0.0627 e. The van der Waals surface area contributed by atoms with Gasteiger partial charge in [-0.25, -0.2) is 0 Å². The quantitative estimate of drug-likeness (QED) is 0.672. The Kier molecular flexibility index (Phi) is 5.98. The summed E-state index contributed by atoms with van der Waals surface area (Å²) < 4.78 is 0. The maximum Gasteiger partial charge on any atom is 0.0627 e. The highest BCUT2D eigenvalue weighted by atomic mass is 32.1. The van der Waals surface area contributed by atoms with Crippen molar-refractivity contribution in [2.45, 2.75) is 33.1 Å². The predicted octanol–water partition coefficient (Wildman–Crippen LogP) is 5.20. The van der Waals surface area contributed by atoms with Crippen molar-refractivity contribution in [3.63, 3.8) is 0 Å². The highest BCUT2D eigenvalue weighted by Gasteiger charge is 2.29. The summed E-state index contributed by atoms with van der Waals surface area (Å²) in [4.78, 5) is 4.96. The van der Waals surface area contributed by atoms with Crippen LogP contribution >= 0.6 is 11.3 Å². The second kappa shape index (κ2) is 7.77. The van der Waals surface area contributed by atoms with Crippen molar-refractivity contribution in [1.82, 2.24) is 4.90 Å². The van der Waals surface area contributed by atoms with E-state index in [1.165, 1.54) is 9.75 Å². The first-order valence-corrected chi connectivity index (χ1v) is 8.94. The molecule has 1 fully saturated rings. The number of piperidine rings is 1. The fraction of sp³-hybridized carbons (Fsp3) is 0.450. The zero-order valence-electron chi connectivity index (χ0n) is 14.3. The number of likely N-dealkylation sites (tertiary alicyclic amines) is 1. The Morgan fingerprint density at radius 3 is 2.61 bits per heavy atom. The minimum absolute atomic E-state index is 0.202. The summed E-state index contributed by atoms with van der Waals surface area (Å²) in [5, 5.41) is 8.92. The van der Waals surface area contributed by atoms with Crippen LogP contribution in [0, 0.1) is 23.7 Å². The Morgan fingerprint density at radius 1 is 1.35 bits per heavy atom. The molecule has 0 atom stereocenters. The summed E-state index contributed by atoms with van der Waals surface area (Å²) in [6.07, 6.45) is 7.01. The van der Waals surface area contributed by atoms with Crippen molar-refractivity contribution in [3.8, 4) is 6.07 Å². The van der Waals surface area contributed by atoms with Crippen LogP contribution in [-0.2, 0) is 0 Å². The van der Waals surface area contributed by atoms with Crippen LogP contribution in [-0.4, -0.2) is 24.5 Å². The standard InChI is InChI=1S/C20H26N2S/c1-16(5-6-17(2)19-8-7-18(3)23-19)15-22-13-10-20(4,9-12-21)11-14-22/h5-8H,1-2,9-11,13-15H2,3-4H3/b6-5-. The average Bonchev–Trinajstić information content (AvgIpc) is 2.94. The second-order valence-corrected chi connectivity index (χ2v) is 8.14. The van der Waals surface area contributed by atoms with Crippen molar-refractivity contribution in [1.29, 1.82) is 5.26 Å². The summed E-state index contributed by atoms with van der Waals surface area (Å²) in [6.45, 7) is 15.7. The van der Waals surface area contributed by atoms with Crippen molar-refractivity contribution in [3.05, 3.63) is 52.8 Å². The van der Waals surface area contributed by atoms with Gasteiger partial charge in [0.25, 0.3) is 0 Å². The molecule has 0 radical (unpaired) electrons. The molecule has 2 heterocycles. The van der Waals surface area contributed by atoms with Crippen LogP contribution in [0.2, 0.25) is 0 Å². The molecule has 0 bridgehead atoms. The van der Waals surface area contributed by atoms with E-state index in [2.05, 4.69) is 62.3 Å². The maximum absolute atomic E-state index is 8.92. The van der Waals surface area contributed by atoms with Crippen molar-refractivity contribution in [2.75, 3.05) is 19.6 Å². The number of hydrogen-bond donors (Lipinski definition) is 0. The Balaban J connectivity index is 1.81. The molecule has 0 N–H and O–H groups in total. The van der Waals surface area contributed by atoms with Gasteiger partial charge in [0, 0.05) is 22.7 Å². The SMILES string of the molecule is C=C(/C=C\C(=C)c1ccc(C)s1)CN1CCC(C)(CC#N)CC1. The molecule has 3 heteroatoms. The molecule has 1 aromatic heterocycles. The van der Waals surface area contributed by atoms with Crippen LogP contribution in [0.3, 0.4) is 0 Å². The third kappa shape index (κ3) is 5.20. The van der Waals surface area contributed by atoms with Crippen LogP contribution in [0.1, 0.15) is 35.9 Å². The van der Waals surface area contributed by atoms with Crippen molar-refractivity contribution in [2.24, 2.45) is 5.41 Å². The summed E-state index contributed by atoms with van der Waals surface area (Å²) in [5.74, 6) is 0. The Labute approximate surface area is 144 Å². The Hall–Kier alpha value is -1.63. The minimum atomic E-state index is 0.202. The number of hydrogen-bond acceptors (Lipinski definition) is 3. The van der Waals surface area contributed by atoms with Crippen molar-refractivity contribution >= 4 is 16.9 Å². The van der Waals surface area contributed by atoms with Crippen LogP contribution < -0.4 is 0 Å². The van der Waals surface area contributed by atoms with Crippen molar-refractivity contribution < 1.29 is 0 Å². The molecule has 23 heavy (non-hydrogen) atoms. The molecule has 0 spiro atoms. The van der Waals surface area contributed by atoms with E-state index in [0.29, 0.717) is 6.42 Å². The zero-order valence-corrected chi connectivity index (χ0v) is 15.1. The topological polar surface area (TPSA) is 27.0 Å². The Bertz CT molecular complexity index is 637. The average molecular weight is 327 g/mol. The highest BCUT2D eigenvalue weighted by molar-refractivity contribution is 7.13. The van der Waals surface area contributed by atoms with E-state index < -0.39 is 0 Å². The number of allylic oxidation sites excluding steroid dienone is 2. The molecule has 1 aromatic rings. The van der Waals surface area contributed by atoms with E-state index >= 15 is 0 Å². The van der Waals surface area contributed by atoms with Crippen LogP contribution in [0.5, 0.6) is 0 Å². The molecule has 0 aliphatic carbocycles. The van der Waals surface area contributed by atoms with Gasteiger partial charge in [0.05, 0.1) is 6.07 Å². The van der Waals surface area contributed by atoms with Gasteiger partial charge in [0.1, 0.15) is 0 Å². The van der Waals surface area contributed by atoms with E-state index in [1.54, 1.807) is 11.3 Å². The summed E-state index contributed by atoms with van der Waals surface area (Å²) in [5.41, 5.74) is 2.36. The number of nitrogens with zero attached hydrogens (tertiary/aromatic N) is 2. The van der Waals surface area contributed by atoms with E-state index in [9.17, 15) is 0 Å². The van der Waals surface area contributed by atoms with E-state index in [4.69, 9.17) is 5.26 Å². The van der Waals surface area contributed by atoms with Gasteiger partial charge >= 0.3 is 0 Å². The van der Waals surface area contributed by atoms with Crippen LogP contribution in [0.25, 0.3) is 5.57 Å². The normalized spacial score (nSPS) is 18.0. The van der Waals surface area contributed by atoms with Gasteiger partial charge in [0.2, 0.25) is 0 Å². The van der Waals surface area contributed by atoms with E-state index in [0.717, 1.165) is 43.6 Å². The minimum Gasteiger partial charge on any atom is -0.299 e. The number of nitriles is 1. The molecule has 2 rings (SSSR count). The molecule has 2 nitrogen and oxygen atoms in total. The number of aryl methyl sites for hydroxylation is 1. The monoisotopic (exact) mass is 326 g/mol. The van der Waals surface area contributed by atoms with Gasteiger partial charge in [0.15, 0.2) is 0 Å². The number of rotatable bonds is 6. The van der Waals surface area contributed by atoms with E-state index in [-0.39, 0.29) is 5.41 Å². The third-order valence-electron chi connectivity index (χ3n) is 4.57. The molecule has 0 unspecified atom stereocenters. The lowest BCUT2D eigenvalue weighted by Gasteiger charge is -2.38. The summed E-state index contributed by atoms with van der Waals surface area (Å²) in [7, 11) is 0. The highest BCUT2D eigenvalue weighted by Crippen LogP contribution is 2.34. The zero-order chi connectivity index (χ0) is 16.9. The van der Waals surface area contributed by atoms with Gasteiger partial charge in [-0.1, -0.05) is 32.2 Å². The van der Waals surface area contributed by atoms with Gasteiger partial charge in [-0.2, -0.15) is 5.26 Å². The van der Waals surface area contributed by atoms with Gasteiger partial charge < -0.3 is 0 Å². The molecule has 1 aliphatic heterocycles.